The quantitative estimate of drug-likeness (QED) is 0.303. The number of aromatic amines is 1. The summed E-state index contributed by atoms with van der Waals surface area (Å²) < 4.78 is 7.24. The van der Waals surface area contributed by atoms with E-state index in [1.807, 2.05) is 0 Å². The smallest absolute Gasteiger partial charge is 0.365 e. The molecule has 0 bridgehead atoms. The van der Waals surface area contributed by atoms with Crippen molar-refractivity contribution in [3.63, 3.8) is 0 Å². The molecule has 1 atom stereocenters. The summed E-state index contributed by atoms with van der Waals surface area (Å²) in [6.45, 7) is 5.53. The van der Waals surface area contributed by atoms with Crippen LogP contribution in [0.15, 0.2) is 39.6 Å². The molecular formula is C30H37N7O2. The lowest BCUT2D eigenvalue weighted by molar-refractivity contribution is 0.264. The summed E-state index contributed by atoms with van der Waals surface area (Å²) in [6, 6.07) is 11.1. The number of nitrogens with one attached hydrogen (secondary N) is 2. The molecule has 3 saturated carbocycles. The van der Waals surface area contributed by atoms with Crippen LogP contribution in [0.2, 0.25) is 0 Å². The Morgan fingerprint density at radius 2 is 1.85 bits per heavy atom. The lowest BCUT2D eigenvalue weighted by atomic mass is 9.80. The Morgan fingerprint density at radius 1 is 1.08 bits per heavy atom. The van der Waals surface area contributed by atoms with Gasteiger partial charge in [-0.15, -0.1) is 0 Å². The SMILES string of the molecule is CC1CCC(Cn2c(C3(c4ccccc4)CC3)nc3nc(-c4noc(=O)[nH]4)nc(NC(C)C4CCC4)c32)CC1. The highest BCUT2D eigenvalue weighted by Gasteiger charge is 2.50. The van der Waals surface area contributed by atoms with Crippen LogP contribution in [-0.4, -0.2) is 35.7 Å². The van der Waals surface area contributed by atoms with Crippen LogP contribution in [0.3, 0.4) is 0 Å². The number of hydrogen-bond donors (Lipinski definition) is 2. The maximum absolute atomic E-state index is 11.7. The highest BCUT2D eigenvalue weighted by molar-refractivity contribution is 5.86. The Balaban J connectivity index is 1.40. The summed E-state index contributed by atoms with van der Waals surface area (Å²) >= 11 is 0. The molecule has 9 nitrogen and oxygen atoms in total. The fraction of sp³-hybridized carbons (Fsp3) is 0.567. The number of fused-ring (bicyclic) bond motifs is 1. The van der Waals surface area contributed by atoms with E-state index in [0.717, 1.165) is 42.5 Å². The second kappa shape index (κ2) is 9.61. The minimum Gasteiger partial charge on any atom is -0.365 e. The number of nitrogens with zero attached hydrogens (tertiary/aromatic N) is 5. The summed E-state index contributed by atoms with van der Waals surface area (Å²) in [5, 5.41) is 7.63. The summed E-state index contributed by atoms with van der Waals surface area (Å²) in [4.78, 5) is 29.4. The standard InChI is InChI=1S/C30H37N7O2/c1-18-11-13-20(14-12-18)17-37-23-24(31-19(2)21-7-6-8-21)32-26(27-35-29(38)39-36-27)33-25(23)34-28(37)30(15-16-30)22-9-4-3-5-10-22/h3-5,9-10,18-21H,6-8,11-17H2,1-2H3,(H,31,32,33)(H,35,36,38). The van der Waals surface area contributed by atoms with Crippen molar-refractivity contribution in [2.75, 3.05) is 5.32 Å². The van der Waals surface area contributed by atoms with E-state index < -0.39 is 5.76 Å². The van der Waals surface area contributed by atoms with Crippen LogP contribution < -0.4 is 11.1 Å². The zero-order chi connectivity index (χ0) is 26.6. The minimum absolute atomic E-state index is 0.108. The Morgan fingerprint density at radius 3 is 2.49 bits per heavy atom. The predicted octanol–water partition coefficient (Wildman–Crippen LogP) is 5.68. The number of imidazole rings is 1. The van der Waals surface area contributed by atoms with Gasteiger partial charge in [0.25, 0.3) is 0 Å². The fourth-order valence-electron chi connectivity index (χ4n) is 6.68. The average Bonchev–Trinajstić information content (AvgIpc) is 3.46. The molecule has 0 radical (unpaired) electrons. The van der Waals surface area contributed by atoms with E-state index in [9.17, 15) is 4.79 Å². The molecule has 39 heavy (non-hydrogen) atoms. The topological polar surface area (TPSA) is 115 Å². The number of hydrogen-bond acceptors (Lipinski definition) is 7. The van der Waals surface area contributed by atoms with Crippen LogP contribution in [0.4, 0.5) is 5.82 Å². The van der Waals surface area contributed by atoms with Gasteiger partial charge in [-0.25, -0.2) is 19.7 Å². The van der Waals surface area contributed by atoms with Crippen LogP contribution >= 0.6 is 0 Å². The van der Waals surface area contributed by atoms with Crippen molar-refractivity contribution in [1.29, 1.82) is 0 Å². The van der Waals surface area contributed by atoms with Crippen molar-refractivity contribution >= 4 is 17.0 Å². The molecule has 3 fully saturated rings. The molecule has 0 spiro atoms. The van der Waals surface area contributed by atoms with Crippen molar-refractivity contribution in [2.45, 2.75) is 89.6 Å². The Labute approximate surface area is 227 Å². The van der Waals surface area contributed by atoms with Crippen LogP contribution in [0.5, 0.6) is 0 Å². The van der Waals surface area contributed by atoms with E-state index >= 15 is 0 Å². The van der Waals surface area contributed by atoms with Crippen molar-refractivity contribution in [3.8, 4) is 11.6 Å². The summed E-state index contributed by atoms with van der Waals surface area (Å²) in [5.74, 6) is 3.81. The summed E-state index contributed by atoms with van der Waals surface area (Å²) in [7, 11) is 0. The monoisotopic (exact) mass is 527 g/mol. The van der Waals surface area contributed by atoms with E-state index in [1.165, 1.54) is 50.5 Å². The molecule has 1 unspecified atom stereocenters. The zero-order valence-electron chi connectivity index (χ0n) is 22.8. The van der Waals surface area contributed by atoms with E-state index in [0.29, 0.717) is 23.3 Å². The van der Waals surface area contributed by atoms with Crippen molar-refractivity contribution in [2.24, 2.45) is 17.8 Å². The second-order valence-corrected chi connectivity index (χ2v) is 12.3. The molecule has 3 heterocycles. The van der Waals surface area contributed by atoms with E-state index in [1.54, 1.807) is 0 Å². The van der Waals surface area contributed by atoms with E-state index in [-0.39, 0.29) is 17.3 Å². The van der Waals surface area contributed by atoms with Gasteiger partial charge in [0.2, 0.25) is 11.6 Å². The van der Waals surface area contributed by atoms with Crippen molar-refractivity contribution < 1.29 is 4.52 Å². The third-order valence-electron chi connectivity index (χ3n) is 9.56. The molecule has 7 rings (SSSR count). The normalized spacial score (nSPS) is 23.4. The maximum Gasteiger partial charge on any atom is 0.439 e. The van der Waals surface area contributed by atoms with Crippen LogP contribution in [-0.2, 0) is 12.0 Å². The molecule has 0 amide bonds. The van der Waals surface area contributed by atoms with E-state index in [2.05, 4.69) is 64.2 Å². The highest BCUT2D eigenvalue weighted by Crippen LogP contribution is 2.54. The second-order valence-electron chi connectivity index (χ2n) is 12.3. The number of anilines is 1. The summed E-state index contributed by atoms with van der Waals surface area (Å²) in [6.07, 6.45) is 10.9. The molecule has 3 aliphatic carbocycles. The third kappa shape index (κ3) is 4.45. The van der Waals surface area contributed by atoms with Crippen molar-refractivity contribution in [3.05, 3.63) is 52.3 Å². The third-order valence-corrected chi connectivity index (χ3v) is 9.56. The minimum atomic E-state index is -0.621. The van der Waals surface area contributed by atoms with E-state index in [4.69, 9.17) is 19.5 Å². The Kier molecular flexibility index (Phi) is 6.05. The van der Waals surface area contributed by atoms with Gasteiger partial charge in [-0.3, -0.25) is 9.51 Å². The van der Waals surface area contributed by atoms with Gasteiger partial charge in [0.15, 0.2) is 11.5 Å². The summed E-state index contributed by atoms with van der Waals surface area (Å²) in [5.41, 5.74) is 2.81. The number of benzene rings is 1. The lowest BCUT2D eigenvalue weighted by Gasteiger charge is -2.32. The molecule has 1 aromatic carbocycles. The van der Waals surface area contributed by atoms with Gasteiger partial charge in [-0.1, -0.05) is 61.7 Å². The largest absolute Gasteiger partial charge is 0.439 e. The molecule has 3 aliphatic rings. The molecule has 4 aromatic rings. The lowest BCUT2D eigenvalue weighted by Crippen LogP contribution is -2.31. The first kappa shape index (κ1) is 24.5. The predicted molar refractivity (Wildman–Crippen MR) is 149 cm³/mol. The number of H-pyrrole nitrogens is 1. The molecular weight excluding hydrogens is 490 g/mol. The average molecular weight is 528 g/mol. The van der Waals surface area contributed by atoms with Crippen molar-refractivity contribution in [1.82, 2.24) is 29.7 Å². The fourth-order valence-corrected chi connectivity index (χ4v) is 6.68. The van der Waals surface area contributed by atoms with Crippen LogP contribution in [0, 0.1) is 17.8 Å². The highest BCUT2D eigenvalue weighted by atomic mass is 16.5. The van der Waals surface area contributed by atoms with Gasteiger partial charge >= 0.3 is 5.76 Å². The number of rotatable bonds is 8. The van der Waals surface area contributed by atoms with Crippen LogP contribution in [0.25, 0.3) is 22.8 Å². The van der Waals surface area contributed by atoms with Gasteiger partial charge in [0.1, 0.15) is 11.3 Å². The van der Waals surface area contributed by atoms with Gasteiger partial charge in [0.05, 0.1) is 5.41 Å². The van der Waals surface area contributed by atoms with Gasteiger partial charge in [-0.05, 0) is 68.8 Å². The molecule has 2 N–H and O–H groups in total. The van der Waals surface area contributed by atoms with Gasteiger partial charge in [-0.2, -0.15) is 0 Å². The Hall–Kier alpha value is -3.49. The molecule has 204 valence electrons. The molecule has 0 saturated heterocycles. The first-order chi connectivity index (χ1) is 19.0. The van der Waals surface area contributed by atoms with Crippen LogP contribution in [0.1, 0.15) is 83.0 Å². The zero-order valence-corrected chi connectivity index (χ0v) is 22.8. The number of aromatic nitrogens is 6. The molecule has 3 aromatic heterocycles. The first-order valence-electron chi connectivity index (χ1n) is 14.7. The van der Waals surface area contributed by atoms with Gasteiger partial charge in [0, 0.05) is 12.6 Å². The molecule has 9 heteroatoms. The molecule has 0 aliphatic heterocycles. The first-order valence-corrected chi connectivity index (χ1v) is 14.7. The maximum atomic E-state index is 11.7. The van der Waals surface area contributed by atoms with Gasteiger partial charge < -0.3 is 9.88 Å². The Bertz CT molecular complexity index is 1520.